The van der Waals surface area contributed by atoms with Gasteiger partial charge in [-0.15, -0.1) is 0 Å². The van der Waals surface area contributed by atoms with Gasteiger partial charge in [0.25, 0.3) is 5.91 Å². The van der Waals surface area contributed by atoms with Crippen molar-refractivity contribution in [3.8, 4) is 5.82 Å². The van der Waals surface area contributed by atoms with Crippen LogP contribution in [0, 0.1) is 5.82 Å². The van der Waals surface area contributed by atoms with E-state index in [1.165, 1.54) is 6.07 Å². The van der Waals surface area contributed by atoms with E-state index in [-0.39, 0.29) is 29.5 Å². The van der Waals surface area contributed by atoms with E-state index in [0.29, 0.717) is 5.82 Å². The lowest BCUT2D eigenvalue weighted by Gasteiger charge is -2.36. The first kappa shape index (κ1) is 15.4. The maximum atomic E-state index is 13.3. The zero-order chi connectivity index (χ0) is 17.2. The van der Waals surface area contributed by atoms with E-state index in [9.17, 15) is 9.18 Å². The van der Waals surface area contributed by atoms with Gasteiger partial charge in [-0.3, -0.25) is 9.36 Å². The second kappa shape index (κ2) is 6.43. The van der Waals surface area contributed by atoms with E-state index in [1.807, 2.05) is 6.07 Å². The molecule has 25 heavy (non-hydrogen) atoms. The van der Waals surface area contributed by atoms with Crippen molar-refractivity contribution in [3.05, 3.63) is 72.5 Å². The summed E-state index contributed by atoms with van der Waals surface area (Å²) < 4.78 is 15.0. The number of amides is 1. The van der Waals surface area contributed by atoms with Crippen LogP contribution in [0.2, 0.25) is 0 Å². The molecule has 126 valence electrons. The summed E-state index contributed by atoms with van der Waals surface area (Å²) in [7, 11) is 0. The van der Waals surface area contributed by atoms with Crippen LogP contribution in [-0.2, 0) is 0 Å². The second-order valence-electron chi connectivity index (χ2n) is 6.10. The van der Waals surface area contributed by atoms with Crippen molar-refractivity contribution >= 4 is 5.91 Å². The molecule has 1 N–H and O–H groups in total. The average molecular weight is 337 g/mol. The Kier molecular flexibility index (Phi) is 3.97. The zero-order valence-electron chi connectivity index (χ0n) is 13.3. The van der Waals surface area contributed by atoms with Crippen LogP contribution in [-0.4, -0.2) is 31.5 Å². The van der Waals surface area contributed by atoms with E-state index in [2.05, 4.69) is 20.3 Å². The summed E-state index contributed by atoms with van der Waals surface area (Å²) in [5.74, 6) is 0.461. The Morgan fingerprint density at radius 2 is 2.12 bits per heavy atom. The standard InChI is InChI=1S/C18H16FN5O/c19-14-3-1-2-12(8-14)13-9-15(10-13)22-18(25)17-21-5-4-16(23-17)24-7-6-20-11-24/h1-8,11,13,15H,9-10H2,(H,22,25)/t13-,15-. The summed E-state index contributed by atoms with van der Waals surface area (Å²) in [5, 5.41) is 2.94. The Labute approximate surface area is 143 Å². The molecule has 0 bridgehead atoms. The van der Waals surface area contributed by atoms with Crippen molar-refractivity contribution in [3.63, 3.8) is 0 Å². The van der Waals surface area contributed by atoms with E-state index < -0.39 is 0 Å². The molecule has 1 aliphatic rings. The lowest BCUT2D eigenvalue weighted by molar-refractivity contribution is 0.0898. The maximum absolute atomic E-state index is 13.3. The van der Waals surface area contributed by atoms with E-state index in [0.717, 1.165) is 18.4 Å². The summed E-state index contributed by atoms with van der Waals surface area (Å²) in [5.41, 5.74) is 0.976. The number of nitrogens with zero attached hydrogens (tertiary/aromatic N) is 4. The number of imidazole rings is 1. The van der Waals surface area contributed by atoms with Crippen LogP contribution in [0.15, 0.2) is 55.2 Å². The number of carbonyl (C=O) groups is 1. The van der Waals surface area contributed by atoms with Gasteiger partial charge in [0.2, 0.25) is 5.82 Å². The predicted molar refractivity (Wildman–Crippen MR) is 88.8 cm³/mol. The number of aromatic nitrogens is 4. The van der Waals surface area contributed by atoms with Crippen molar-refractivity contribution in [2.45, 2.75) is 24.8 Å². The molecule has 4 rings (SSSR count). The third-order valence-corrected chi connectivity index (χ3v) is 4.41. The molecular weight excluding hydrogens is 321 g/mol. The minimum Gasteiger partial charge on any atom is -0.347 e. The molecule has 2 heterocycles. The van der Waals surface area contributed by atoms with Gasteiger partial charge in [0.05, 0.1) is 0 Å². The molecule has 1 aromatic carbocycles. The smallest absolute Gasteiger partial charge is 0.289 e. The summed E-state index contributed by atoms with van der Waals surface area (Å²) in [6.45, 7) is 0. The molecule has 0 aliphatic heterocycles. The van der Waals surface area contributed by atoms with Crippen molar-refractivity contribution in [2.24, 2.45) is 0 Å². The molecule has 6 nitrogen and oxygen atoms in total. The molecule has 2 aromatic heterocycles. The van der Waals surface area contributed by atoms with E-state index in [4.69, 9.17) is 0 Å². The summed E-state index contributed by atoms with van der Waals surface area (Å²) in [6, 6.07) is 8.39. The van der Waals surface area contributed by atoms with Gasteiger partial charge < -0.3 is 5.32 Å². The largest absolute Gasteiger partial charge is 0.347 e. The van der Waals surface area contributed by atoms with Crippen LogP contribution >= 0.6 is 0 Å². The molecule has 1 fully saturated rings. The quantitative estimate of drug-likeness (QED) is 0.794. The number of hydrogen-bond acceptors (Lipinski definition) is 4. The highest BCUT2D eigenvalue weighted by Gasteiger charge is 2.32. The van der Waals surface area contributed by atoms with Gasteiger partial charge in [0, 0.05) is 24.6 Å². The van der Waals surface area contributed by atoms with E-state index >= 15 is 0 Å². The summed E-state index contributed by atoms with van der Waals surface area (Å²) in [4.78, 5) is 24.6. The van der Waals surface area contributed by atoms with Crippen LogP contribution in [0.5, 0.6) is 0 Å². The molecular formula is C18H16FN5O. The Bertz CT molecular complexity index is 890. The molecule has 1 saturated carbocycles. The highest BCUT2D eigenvalue weighted by Crippen LogP contribution is 2.37. The lowest BCUT2D eigenvalue weighted by Crippen LogP contribution is -2.43. The molecule has 1 aliphatic carbocycles. The molecule has 0 saturated heterocycles. The Morgan fingerprint density at radius 1 is 1.24 bits per heavy atom. The summed E-state index contributed by atoms with van der Waals surface area (Å²) in [6.07, 6.45) is 8.13. The van der Waals surface area contributed by atoms with Crippen LogP contribution in [0.3, 0.4) is 0 Å². The van der Waals surface area contributed by atoms with E-state index in [1.54, 1.807) is 47.7 Å². The third kappa shape index (κ3) is 3.26. The minimum atomic E-state index is -0.301. The number of benzene rings is 1. The molecule has 1 amide bonds. The Morgan fingerprint density at radius 3 is 2.88 bits per heavy atom. The molecule has 0 atom stereocenters. The normalized spacial score (nSPS) is 19.2. The highest BCUT2D eigenvalue weighted by atomic mass is 19.1. The highest BCUT2D eigenvalue weighted by molar-refractivity contribution is 5.90. The van der Waals surface area contributed by atoms with Gasteiger partial charge in [-0.05, 0) is 42.5 Å². The fourth-order valence-corrected chi connectivity index (χ4v) is 3.02. The average Bonchev–Trinajstić information content (AvgIpc) is 3.12. The molecule has 0 spiro atoms. The van der Waals surface area contributed by atoms with Crippen molar-refractivity contribution < 1.29 is 9.18 Å². The fourth-order valence-electron chi connectivity index (χ4n) is 3.02. The Balaban J connectivity index is 1.38. The number of rotatable bonds is 4. The van der Waals surface area contributed by atoms with Crippen molar-refractivity contribution in [1.82, 2.24) is 24.8 Å². The minimum absolute atomic E-state index is 0.0567. The fraction of sp³-hybridized carbons (Fsp3) is 0.222. The monoisotopic (exact) mass is 337 g/mol. The van der Waals surface area contributed by atoms with Gasteiger partial charge in [-0.2, -0.15) is 0 Å². The Hall–Kier alpha value is -3.09. The summed E-state index contributed by atoms with van der Waals surface area (Å²) >= 11 is 0. The number of nitrogens with one attached hydrogen (secondary N) is 1. The first-order valence-electron chi connectivity index (χ1n) is 8.07. The zero-order valence-corrected chi connectivity index (χ0v) is 13.3. The maximum Gasteiger partial charge on any atom is 0.289 e. The van der Waals surface area contributed by atoms with Crippen LogP contribution in [0.1, 0.15) is 34.9 Å². The predicted octanol–water partition coefficient (Wildman–Crippen LogP) is 2.48. The van der Waals surface area contributed by atoms with Crippen molar-refractivity contribution in [1.29, 1.82) is 0 Å². The molecule has 3 aromatic rings. The topological polar surface area (TPSA) is 72.7 Å². The molecule has 0 radical (unpaired) electrons. The van der Waals surface area contributed by atoms with Gasteiger partial charge in [-0.25, -0.2) is 19.3 Å². The third-order valence-electron chi connectivity index (χ3n) is 4.41. The lowest BCUT2D eigenvalue weighted by atomic mass is 9.76. The molecule has 0 unspecified atom stereocenters. The number of halogens is 1. The van der Waals surface area contributed by atoms with Gasteiger partial charge in [0.15, 0.2) is 0 Å². The van der Waals surface area contributed by atoms with Gasteiger partial charge in [-0.1, -0.05) is 12.1 Å². The molecule has 7 heteroatoms. The SMILES string of the molecule is O=C(N[C@H]1C[C@H](c2cccc(F)c2)C1)c1nccc(-n2ccnc2)n1. The van der Waals surface area contributed by atoms with Crippen LogP contribution < -0.4 is 5.32 Å². The van der Waals surface area contributed by atoms with Crippen molar-refractivity contribution in [2.75, 3.05) is 0 Å². The second-order valence-corrected chi connectivity index (χ2v) is 6.10. The van der Waals surface area contributed by atoms with Crippen LogP contribution in [0.25, 0.3) is 5.82 Å². The number of carbonyl (C=O) groups excluding carboxylic acids is 1. The first-order chi connectivity index (χ1) is 12.2. The van der Waals surface area contributed by atoms with Crippen LogP contribution in [0.4, 0.5) is 4.39 Å². The number of hydrogen-bond donors (Lipinski definition) is 1. The van der Waals surface area contributed by atoms with Gasteiger partial charge >= 0.3 is 0 Å². The van der Waals surface area contributed by atoms with Gasteiger partial charge in [0.1, 0.15) is 18.0 Å². The first-order valence-corrected chi connectivity index (χ1v) is 8.07.